The lowest BCUT2D eigenvalue weighted by Gasteiger charge is -2.35. The molecule has 2 aliphatic heterocycles. The molecular formula is C24H37IN6O2. The molecule has 182 valence electrons. The van der Waals surface area contributed by atoms with Gasteiger partial charge >= 0.3 is 0 Å². The van der Waals surface area contributed by atoms with Gasteiger partial charge in [0.2, 0.25) is 0 Å². The van der Waals surface area contributed by atoms with Crippen molar-refractivity contribution in [2.75, 3.05) is 53.0 Å². The fourth-order valence-electron chi connectivity index (χ4n) is 4.56. The maximum Gasteiger partial charge on any atom is 0.194 e. The molecular weight excluding hydrogens is 531 g/mol. The van der Waals surface area contributed by atoms with E-state index in [1.165, 1.54) is 18.4 Å². The van der Waals surface area contributed by atoms with E-state index in [1.807, 2.05) is 36.3 Å². The van der Waals surface area contributed by atoms with Crippen molar-refractivity contribution in [1.82, 2.24) is 24.9 Å². The van der Waals surface area contributed by atoms with Crippen LogP contribution in [0.5, 0.6) is 5.75 Å². The highest BCUT2D eigenvalue weighted by molar-refractivity contribution is 14.0. The quantitative estimate of drug-likeness (QED) is 0.315. The molecule has 2 aromatic rings. The van der Waals surface area contributed by atoms with Crippen molar-refractivity contribution in [3.8, 4) is 5.75 Å². The van der Waals surface area contributed by atoms with E-state index in [0.29, 0.717) is 6.61 Å². The highest BCUT2D eigenvalue weighted by Gasteiger charge is 2.27. The molecule has 0 saturated carbocycles. The Morgan fingerprint density at radius 2 is 2.00 bits per heavy atom. The van der Waals surface area contributed by atoms with E-state index in [0.717, 1.165) is 56.5 Å². The molecule has 33 heavy (non-hydrogen) atoms. The molecule has 2 saturated heterocycles. The number of aromatic nitrogens is 2. The summed E-state index contributed by atoms with van der Waals surface area (Å²) in [5, 5.41) is 7.81. The fraction of sp³-hybridized carbons (Fsp3) is 0.583. The van der Waals surface area contributed by atoms with Gasteiger partial charge in [-0.15, -0.1) is 24.0 Å². The van der Waals surface area contributed by atoms with Crippen molar-refractivity contribution >= 4 is 29.9 Å². The summed E-state index contributed by atoms with van der Waals surface area (Å²) >= 11 is 0. The first kappa shape index (κ1) is 25.8. The van der Waals surface area contributed by atoms with Gasteiger partial charge in [0.15, 0.2) is 5.96 Å². The van der Waals surface area contributed by atoms with Crippen molar-refractivity contribution in [1.29, 1.82) is 0 Å². The Balaban J connectivity index is 0.00000306. The first-order chi connectivity index (χ1) is 15.7. The van der Waals surface area contributed by atoms with Crippen LogP contribution in [0.15, 0.2) is 41.7 Å². The van der Waals surface area contributed by atoms with Gasteiger partial charge < -0.3 is 19.7 Å². The van der Waals surface area contributed by atoms with Gasteiger partial charge in [-0.25, -0.2) is 0 Å². The molecule has 0 bridgehead atoms. The zero-order chi connectivity index (χ0) is 22.3. The normalized spacial score (nSPS) is 20.4. The van der Waals surface area contributed by atoms with Gasteiger partial charge in [-0.2, -0.15) is 5.10 Å². The van der Waals surface area contributed by atoms with Gasteiger partial charge in [0.25, 0.3) is 0 Å². The number of ether oxygens (including phenoxy) is 2. The van der Waals surface area contributed by atoms with Crippen LogP contribution >= 0.6 is 24.0 Å². The number of rotatable bonds is 7. The average molecular weight is 569 g/mol. The molecule has 1 aromatic carbocycles. The molecule has 1 N–H and O–H groups in total. The largest absolute Gasteiger partial charge is 0.497 e. The summed E-state index contributed by atoms with van der Waals surface area (Å²) in [6.07, 6.45) is 6.45. The molecule has 0 spiro atoms. The third-order valence-electron chi connectivity index (χ3n) is 6.29. The van der Waals surface area contributed by atoms with Crippen LogP contribution < -0.4 is 10.1 Å². The van der Waals surface area contributed by atoms with Crippen LogP contribution in [0.4, 0.5) is 0 Å². The number of benzene rings is 1. The zero-order valence-corrected chi connectivity index (χ0v) is 22.3. The Labute approximate surface area is 214 Å². The third kappa shape index (κ3) is 6.60. The van der Waals surface area contributed by atoms with Gasteiger partial charge in [0.1, 0.15) is 11.9 Å². The summed E-state index contributed by atoms with van der Waals surface area (Å²) in [5.41, 5.74) is 2.41. The summed E-state index contributed by atoms with van der Waals surface area (Å²) in [5.74, 6) is 1.85. The lowest BCUT2D eigenvalue weighted by atomic mass is 10.1. The summed E-state index contributed by atoms with van der Waals surface area (Å²) in [6, 6.07) is 8.73. The molecule has 2 fully saturated rings. The van der Waals surface area contributed by atoms with Crippen molar-refractivity contribution in [3.05, 3.63) is 47.8 Å². The molecule has 3 heterocycles. The van der Waals surface area contributed by atoms with Crippen LogP contribution in [-0.2, 0) is 11.8 Å². The van der Waals surface area contributed by atoms with Crippen LogP contribution in [0.2, 0.25) is 0 Å². The number of aryl methyl sites for hydroxylation is 1. The van der Waals surface area contributed by atoms with Crippen molar-refractivity contribution in [2.24, 2.45) is 12.0 Å². The predicted molar refractivity (Wildman–Crippen MR) is 141 cm³/mol. The van der Waals surface area contributed by atoms with Crippen molar-refractivity contribution < 1.29 is 9.47 Å². The van der Waals surface area contributed by atoms with E-state index < -0.39 is 0 Å². The minimum Gasteiger partial charge on any atom is -0.497 e. The lowest BCUT2D eigenvalue weighted by Crippen LogP contribution is -2.48. The number of nitrogens with one attached hydrogen (secondary N) is 1. The molecule has 2 atom stereocenters. The van der Waals surface area contributed by atoms with Gasteiger partial charge in [0.05, 0.1) is 39.0 Å². The number of methoxy groups -OCH3 is 1. The molecule has 9 heteroatoms. The Kier molecular flexibility index (Phi) is 9.81. The number of morpholine rings is 1. The Morgan fingerprint density at radius 1 is 1.24 bits per heavy atom. The van der Waals surface area contributed by atoms with Crippen LogP contribution in [0.1, 0.15) is 43.0 Å². The van der Waals surface area contributed by atoms with E-state index in [1.54, 1.807) is 7.11 Å². The average Bonchev–Trinajstić information content (AvgIpc) is 3.51. The molecule has 2 unspecified atom stereocenters. The molecule has 8 nitrogen and oxygen atoms in total. The Bertz CT molecular complexity index is 881. The standard InChI is InChI=1S/C24H36N6O2.HI/c1-4-25-24(30-13-14-32-23(18-30)20-15-27-28(2)17-20)26-16-22(29-11-5-6-12-29)19-7-9-21(31-3)10-8-19;/h7-10,15,17,22-23H,4-6,11-14,16,18H2,1-3H3,(H,25,26);1H. The first-order valence-electron chi connectivity index (χ1n) is 11.7. The number of nitrogens with zero attached hydrogens (tertiary/aromatic N) is 5. The second-order valence-corrected chi connectivity index (χ2v) is 8.48. The zero-order valence-electron chi connectivity index (χ0n) is 19.9. The summed E-state index contributed by atoms with van der Waals surface area (Å²) < 4.78 is 13.2. The second kappa shape index (κ2) is 12.6. The van der Waals surface area contributed by atoms with Gasteiger partial charge in [0, 0.05) is 31.9 Å². The first-order valence-corrected chi connectivity index (χ1v) is 11.7. The van der Waals surface area contributed by atoms with Crippen LogP contribution in [0.25, 0.3) is 0 Å². The van der Waals surface area contributed by atoms with E-state index in [9.17, 15) is 0 Å². The summed E-state index contributed by atoms with van der Waals surface area (Å²) in [7, 11) is 3.65. The number of halogens is 1. The number of guanidine groups is 1. The van der Waals surface area contributed by atoms with Crippen molar-refractivity contribution in [3.63, 3.8) is 0 Å². The van der Waals surface area contributed by atoms with Gasteiger partial charge in [-0.1, -0.05) is 12.1 Å². The van der Waals surface area contributed by atoms with Crippen molar-refractivity contribution in [2.45, 2.75) is 31.9 Å². The molecule has 0 amide bonds. The number of hydrogen-bond acceptors (Lipinski definition) is 5. The SMILES string of the molecule is CCNC(=NCC(c1ccc(OC)cc1)N1CCCC1)N1CCOC(c2cnn(C)c2)C1.I. The third-order valence-corrected chi connectivity index (χ3v) is 6.29. The maximum absolute atomic E-state index is 6.04. The summed E-state index contributed by atoms with van der Waals surface area (Å²) in [4.78, 5) is 10.00. The van der Waals surface area contributed by atoms with Crippen LogP contribution in [0, 0.1) is 0 Å². The predicted octanol–water partition coefficient (Wildman–Crippen LogP) is 3.22. The number of likely N-dealkylation sites (tertiary alicyclic amines) is 1. The number of hydrogen-bond donors (Lipinski definition) is 1. The summed E-state index contributed by atoms with van der Waals surface area (Å²) in [6.45, 7) is 8.23. The Morgan fingerprint density at radius 3 is 2.64 bits per heavy atom. The monoisotopic (exact) mass is 568 g/mol. The van der Waals surface area contributed by atoms with E-state index >= 15 is 0 Å². The second-order valence-electron chi connectivity index (χ2n) is 8.48. The van der Waals surface area contributed by atoms with E-state index in [-0.39, 0.29) is 36.1 Å². The van der Waals surface area contributed by atoms with Gasteiger partial charge in [-0.05, 0) is 50.6 Å². The Hall–Kier alpha value is -1.85. The van der Waals surface area contributed by atoms with E-state index in [4.69, 9.17) is 14.5 Å². The maximum atomic E-state index is 6.04. The van der Waals surface area contributed by atoms with Crippen LogP contribution in [-0.4, -0.2) is 78.5 Å². The smallest absolute Gasteiger partial charge is 0.194 e. The molecule has 0 radical (unpaired) electrons. The molecule has 4 rings (SSSR count). The molecule has 2 aliphatic rings. The number of aliphatic imine (C=N–C) groups is 1. The highest BCUT2D eigenvalue weighted by atomic mass is 127. The highest BCUT2D eigenvalue weighted by Crippen LogP contribution is 2.27. The molecule has 0 aliphatic carbocycles. The topological polar surface area (TPSA) is 67.2 Å². The molecule has 1 aromatic heterocycles. The fourth-order valence-corrected chi connectivity index (χ4v) is 4.56. The van der Waals surface area contributed by atoms with E-state index in [2.05, 4.69) is 39.3 Å². The minimum absolute atomic E-state index is 0. The lowest BCUT2D eigenvalue weighted by molar-refractivity contribution is -0.00808. The van der Waals surface area contributed by atoms with Crippen LogP contribution in [0.3, 0.4) is 0 Å². The van der Waals surface area contributed by atoms with Gasteiger partial charge in [-0.3, -0.25) is 14.6 Å². The minimum atomic E-state index is 0.